The zero-order valence-corrected chi connectivity index (χ0v) is 10.5. The van der Waals surface area contributed by atoms with Crippen LogP contribution in [0.4, 0.5) is 5.69 Å². The molecule has 3 N–H and O–H groups in total. The lowest BCUT2D eigenvalue weighted by Crippen LogP contribution is -2.24. The van der Waals surface area contributed by atoms with Gasteiger partial charge in [-0.3, -0.25) is 0 Å². The number of nitrogens with one attached hydrogen (secondary N) is 1. The third kappa shape index (κ3) is 3.50. The van der Waals surface area contributed by atoms with Gasteiger partial charge in [-0.1, -0.05) is 13.3 Å². The molecule has 0 radical (unpaired) electrons. The molecule has 0 bridgehead atoms. The molecule has 0 aliphatic heterocycles. The number of benzene rings is 1. The normalized spacial score (nSPS) is 11.6. The van der Waals surface area contributed by atoms with Crippen molar-refractivity contribution in [3.63, 3.8) is 0 Å². The van der Waals surface area contributed by atoms with E-state index < -0.39 is 10.0 Å². The summed E-state index contributed by atoms with van der Waals surface area (Å²) in [6, 6.07) is 4.83. The fourth-order valence-corrected chi connectivity index (χ4v) is 2.61. The second kappa shape index (κ2) is 5.32. The van der Waals surface area contributed by atoms with E-state index in [0.717, 1.165) is 18.4 Å². The fourth-order valence-electron chi connectivity index (χ4n) is 1.40. The van der Waals surface area contributed by atoms with Gasteiger partial charge in [0.15, 0.2) is 0 Å². The second-order valence-electron chi connectivity index (χ2n) is 3.83. The Morgan fingerprint density at radius 2 is 2.00 bits per heavy atom. The maximum absolute atomic E-state index is 11.8. The van der Waals surface area contributed by atoms with Crippen molar-refractivity contribution in [2.45, 2.75) is 31.6 Å². The number of nitrogen functional groups attached to an aromatic ring is 1. The molecule has 0 amide bonds. The van der Waals surface area contributed by atoms with Crippen LogP contribution in [0, 0.1) is 6.92 Å². The maximum Gasteiger partial charge on any atom is 0.240 e. The minimum Gasteiger partial charge on any atom is -0.399 e. The van der Waals surface area contributed by atoms with E-state index in [1.54, 1.807) is 12.1 Å². The molecular weight excluding hydrogens is 224 g/mol. The van der Waals surface area contributed by atoms with Gasteiger partial charge in [-0.15, -0.1) is 0 Å². The van der Waals surface area contributed by atoms with Crippen LogP contribution >= 0.6 is 0 Å². The molecule has 90 valence electrons. The Morgan fingerprint density at radius 1 is 1.31 bits per heavy atom. The average Bonchev–Trinajstić information content (AvgIpc) is 2.16. The molecule has 1 aromatic rings. The third-order valence-electron chi connectivity index (χ3n) is 2.21. The number of hydrogen-bond acceptors (Lipinski definition) is 3. The molecule has 0 unspecified atom stereocenters. The summed E-state index contributed by atoms with van der Waals surface area (Å²) in [6.45, 7) is 4.30. The van der Waals surface area contributed by atoms with Crippen molar-refractivity contribution in [2.24, 2.45) is 0 Å². The minimum atomic E-state index is -3.41. The molecule has 0 aliphatic rings. The summed E-state index contributed by atoms with van der Waals surface area (Å²) < 4.78 is 26.2. The Bertz CT molecular complexity index is 435. The first-order valence-corrected chi connectivity index (χ1v) is 6.81. The van der Waals surface area contributed by atoms with E-state index >= 15 is 0 Å². The highest BCUT2D eigenvalue weighted by Crippen LogP contribution is 2.15. The van der Waals surface area contributed by atoms with E-state index in [-0.39, 0.29) is 4.90 Å². The predicted octanol–water partition coefficient (Wildman–Crippen LogP) is 1.66. The smallest absolute Gasteiger partial charge is 0.240 e. The highest BCUT2D eigenvalue weighted by Gasteiger charge is 2.13. The van der Waals surface area contributed by atoms with Crippen LogP contribution in [0.5, 0.6) is 0 Å². The Hall–Kier alpha value is -1.07. The van der Waals surface area contributed by atoms with Gasteiger partial charge < -0.3 is 5.73 Å². The molecule has 1 aromatic carbocycles. The molecular formula is C11H18N2O2S. The molecule has 0 atom stereocenters. The van der Waals surface area contributed by atoms with Gasteiger partial charge in [0.2, 0.25) is 10.0 Å². The summed E-state index contributed by atoms with van der Waals surface area (Å²) in [5.41, 5.74) is 6.93. The summed E-state index contributed by atoms with van der Waals surface area (Å²) in [7, 11) is -3.41. The number of anilines is 1. The molecule has 1 rings (SSSR count). The Kier molecular flexibility index (Phi) is 4.32. The molecule has 0 fully saturated rings. The van der Waals surface area contributed by atoms with Crippen LogP contribution in [0.3, 0.4) is 0 Å². The summed E-state index contributed by atoms with van der Waals surface area (Å²) >= 11 is 0. The van der Waals surface area contributed by atoms with Crippen LogP contribution in [-0.4, -0.2) is 15.0 Å². The van der Waals surface area contributed by atoms with Crippen LogP contribution in [0.15, 0.2) is 23.1 Å². The van der Waals surface area contributed by atoms with Crippen molar-refractivity contribution in [1.29, 1.82) is 0 Å². The lowest BCUT2D eigenvalue weighted by Gasteiger charge is -2.07. The number of rotatable bonds is 5. The molecule has 5 heteroatoms. The van der Waals surface area contributed by atoms with Crippen molar-refractivity contribution >= 4 is 15.7 Å². The molecule has 0 spiro atoms. The quantitative estimate of drug-likeness (QED) is 0.609. The zero-order chi connectivity index (χ0) is 12.2. The van der Waals surface area contributed by atoms with Gasteiger partial charge in [-0.05, 0) is 37.1 Å². The average molecular weight is 242 g/mol. The molecule has 0 saturated carbocycles. The molecule has 0 saturated heterocycles. The molecule has 0 heterocycles. The monoisotopic (exact) mass is 242 g/mol. The maximum atomic E-state index is 11.8. The molecule has 4 nitrogen and oxygen atoms in total. The van der Waals surface area contributed by atoms with Gasteiger partial charge in [-0.2, -0.15) is 0 Å². The molecule has 0 aliphatic carbocycles. The van der Waals surface area contributed by atoms with Gasteiger partial charge in [0.1, 0.15) is 0 Å². The zero-order valence-electron chi connectivity index (χ0n) is 9.66. The number of aryl methyl sites for hydroxylation is 1. The standard InChI is InChI=1S/C11H18N2O2S/c1-3-4-5-13-16(14,15)11-7-9(2)6-10(12)8-11/h6-8,13H,3-5,12H2,1-2H3. The van der Waals surface area contributed by atoms with Gasteiger partial charge in [0.05, 0.1) is 4.90 Å². The van der Waals surface area contributed by atoms with Gasteiger partial charge in [0.25, 0.3) is 0 Å². The van der Waals surface area contributed by atoms with Crippen LogP contribution in [0.1, 0.15) is 25.3 Å². The van der Waals surface area contributed by atoms with Crippen molar-refractivity contribution < 1.29 is 8.42 Å². The van der Waals surface area contributed by atoms with Gasteiger partial charge in [-0.25, -0.2) is 13.1 Å². The van der Waals surface area contributed by atoms with Crippen LogP contribution in [-0.2, 0) is 10.0 Å². The first-order valence-electron chi connectivity index (χ1n) is 5.32. The summed E-state index contributed by atoms with van der Waals surface area (Å²) in [6.07, 6.45) is 1.79. The summed E-state index contributed by atoms with van der Waals surface area (Å²) in [5.74, 6) is 0. The van der Waals surface area contributed by atoms with E-state index in [2.05, 4.69) is 4.72 Å². The third-order valence-corrected chi connectivity index (χ3v) is 3.65. The number of sulfonamides is 1. The van der Waals surface area contributed by atoms with Crippen LogP contribution < -0.4 is 10.5 Å². The van der Waals surface area contributed by atoms with E-state index in [9.17, 15) is 8.42 Å². The topological polar surface area (TPSA) is 72.2 Å². The molecule has 16 heavy (non-hydrogen) atoms. The van der Waals surface area contributed by atoms with E-state index in [4.69, 9.17) is 5.73 Å². The highest BCUT2D eigenvalue weighted by molar-refractivity contribution is 7.89. The van der Waals surface area contributed by atoms with Crippen LogP contribution in [0.25, 0.3) is 0 Å². The lowest BCUT2D eigenvalue weighted by atomic mass is 10.2. The lowest BCUT2D eigenvalue weighted by molar-refractivity contribution is 0.578. The van der Waals surface area contributed by atoms with E-state index in [0.29, 0.717) is 12.2 Å². The van der Waals surface area contributed by atoms with E-state index in [1.807, 2.05) is 13.8 Å². The van der Waals surface area contributed by atoms with Gasteiger partial charge >= 0.3 is 0 Å². The Labute approximate surface area is 96.9 Å². The largest absolute Gasteiger partial charge is 0.399 e. The van der Waals surface area contributed by atoms with Crippen LogP contribution in [0.2, 0.25) is 0 Å². The van der Waals surface area contributed by atoms with Crippen molar-refractivity contribution in [2.75, 3.05) is 12.3 Å². The molecule has 0 aromatic heterocycles. The van der Waals surface area contributed by atoms with Gasteiger partial charge in [0, 0.05) is 12.2 Å². The van der Waals surface area contributed by atoms with Crippen molar-refractivity contribution in [1.82, 2.24) is 4.72 Å². The first kappa shape index (κ1) is 13.0. The first-order chi connectivity index (χ1) is 7.45. The number of hydrogen-bond donors (Lipinski definition) is 2. The highest BCUT2D eigenvalue weighted by atomic mass is 32.2. The Morgan fingerprint density at radius 3 is 2.56 bits per heavy atom. The van der Waals surface area contributed by atoms with Crippen molar-refractivity contribution in [3.05, 3.63) is 23.8 Å². The van der Waals surface area contributed by atoms with Crippen molar-refractivity contribution in [3.8, 4) is 0 Å². The number of unbranched alkanes of at least 4 members (excludes halogenated alkanes) is 1. The fraction of sp³-hybridized carbons (Fsp3) is 0.455. The predicted molar refractivity (Wildman–Crippen MR) is 65.7 cm³/mol. The summed E-state index contributed by atoms with van der Waals surface area (Å²) in [4.78, 5) is 0.237. The number of nitrogens with two attached hydrogens (primary N) is 1. The summed E-state index contributed by atoms with van der Waals surface area (Å²) in [5, 5.41) is 0. The second-order valence-corrected chi connectivity index (χ2v) is 5.60. The Balaban J connectivity index is 2.89. The minimum absolute atomic E-state index is 0.237. The SMILES string of the molecule is CCCCNS(=O)(=O)c1cc(C)cc(N)c1. The van der Waals surface area contributed by atoms with E-state index in [1.165, 1.54) is 6.07 Å².